The summed E-state index contributed by atoms with van der Waals surface area (Å²) in [5.74, 6) is 1.93. The monoisotopic (exact) mass is 470 g/mol. The summed E-state index contributed by atoms with van der Waals surface area (Å²) in [6.07, 6.45) is 0. The minimum Gasteiger partial charge on any atom is -0.493 e. The van der Waals surface area contributed by atoms with Crippen LogP contribution in [-0.4, -0.2) is 45.1 Å². The number of ether oxygens (including phenoxy) is 5. The van der Waals surface area contributed by atoms with E-state index in [1.807, 2.05) is 37.3 Å². The van der Waals surface area contributed by atoms with Crippen molar-refractivity contribution < 1.29 is 28.5 Å². The van der Waals surface area contributed by atoms with Crippen molar-refractivity contribution in [3.63, 3.8) is 0 Å². The van der Waals surface area contributed by atoms with Crippen molar-refractivity contribution in [1.82, 2.24) is 5.32 Å². The summed E-state index contributed by atoms with van der Waals surface area (Å²) in [4.78, 5) is 15.0. The molecule has 0 spiro atoms. The normalized spacial score (nSPS) is 17.4. The SMILES string of the molecule is CCOC(=O)C1=C(C)N(c2ccc3c(c2)OCCO3)C(=S)N[C@@H]1c1cccc(OC)c1OC. The van der Waals surface area contributed by atoms with Crippen LogP contribution < -0.4 is 29.2 Å². The van der Waals surface area contributed by atoms with Gasteiger partial charge in [-0.05, 0) is 44.3 Å². The predicted molar refractivity (Wildman–Crippen MR) is 127 cm³/mol. The van der Waals surface area contributed by atoms with Crippen molar-refractivity contribution in [1.29, 1.82) is 0 Å². The van der Waals surface area contributed by atoms with Crippen molar-refractivity contribution in [2.45, 2.75) is 19.9 Å². The Hall–Kier alpha value is -3.46. The van der Waals surface area contributed by atoms with E-state index in [0.29, 0.717) is 58.2 Å². The number of fused-ring (bicyclic) bond motifs is 1. The number of rotatable bonds is 6. The Kier molecular flexibility index (Phi) is 6.60. The van der Waals surface area contributed by atoms with Gasteiger partial charge in [0, 0.05) is 17.3 Å². The van der Waals surface area contributed by atoms with Crippen molar-refractivity contribution in [2.24, 2.45) is 0 Å². The zero-order valence-electron chi connectivity index (χ0n) is 19.0. The van der Waals surface area contributed by atoms with Gasteiger partial charge in [0.2, 0.25) is 0 Å². The first-order chi connectivity index (χ1) is 16.0. The molecule has 2 aromatic rings. The molecule has 2 aromatic carbocycles. The van der Waals surface area contributed by atoms with E-state index >= 15 is 0 Å². The van der Waals surface area contributed by atoms with E-state index in [1.54, 1.807) is 32.1 Å². The lowest BCUT2D eigenvalue weighted by atomic mass is 9.93. The van der Waals surface area contributed by atoms with Crippen LogP contribution in [0.4, 0.5) is 5.69 Å². The summed E-state index contributed by atoms with van der Waals surface area (Å²) in [7, 11) is 3.13. The Morgan fingerprint density at radius 2 is 1.91 bits per heavy atom. The minimum atomic E-state index is -0.588. The van der Waals surface area contributed by atoms with Crippen LogP contribution in [0.1, 0.15) is 25.5 Å². The molecular weight excluding hydrogens is 444 g/mol. The maximum absolute atomic E-state index is 13.2. The maximum atomic E-state index is 13.2. The van der Waals surface area contributed by atoms with Crippen molar-refractivity contribution >= 4 is 29.0 Å². The molecule has 0 aliphatic carbocycles. The number of anilines is 1. The number of nitrogens with one attached hydrogen (secondary N) is 1. The summed E-state index contributed by atoms with van der Waals surface area (Å²) < 4.78 is 27.9. The average Bonchev–Trinajstić information content (AvgIpc) is 2.83. The summed E-state index contributed by atoms with van der Waals surface area (Å²) in [6.45, 7) is 4.84. The number of methoxy groups -OCH3 is 2. The number of para-hydroxylation sites is 1. The van der Waals surface area contributed by atoms with Crippen LogP contribution >= 0.6 is 12.2 Å². The standard InChI is InChI=1S/C24H26N2O6S/c1-5-30-23(27)20-14(2)26(15-9-10-17-19(13-15)32-12-11-31-17)24(33)25-21(20)16-7-6-8-18(28-3)22(16)29-4/h6-10,13,21H,5,11-12H2,1-4H3,(H,25,33)/t21-/m1/s1. The lowest BCUT2D eigenvalue weighted by Crippen LogP contribution is -2.48. The van der Waals surface area contributed by atoms with Gasteiger partial charge in [-0.15, -0.1) is 0 Å². The van der Waals surface area contributed by atoms with Gasteiger partial charge in [-0.25, -0.2) is 4.79 Å². The maximum Gasteiger partial charge on any atom is 0.338 e. The molecule has 2 aliphatic heterocycles. The van der Waals surface area contributed by atoms with Crippen LogP contribution in [0.25, 0.3) is 0 Å². The quantitative estimate of drug-likeness (QED) is 0.502. The lowest BCUT2D eigenvalue weighted by molar-refractivity contribution is -0.139. The van der Waals surface area contributed by atoms with Gasteiger partial charge in [0.05, 0.1) is 38.1 Å². The molecule has 0 amide bonds. The van der Waals surface area contributed by atoms with E-state index < -0.39 is 12.0 Å². The third kappa shape index (κ3) is 4.16. The number of carbonyl (C=O) groups excluding carboxylic acids is 1. The topological polar surface area (TPSA) is 78.5 Å². The van der Waals surface area contributed by atoms with Gasteiger partial charge < -0.3 is 29.0 Å². The second kappa shape index (κ2) is 9.58. The molecule has 9 heteroatoms. The van der Waals surface area contributed by atoms with Gasteiger partial charge in [-0.3, -0.25) is 4.90 Å². The van der Waals surface area contributed by atoms with Crippen LogP contribution in [0.5, 0.6) is 23.0 Å². The van der Waals surface area contributed by atoms with E-state index in [0.717, 1.165) is 5.69 Å². The Labute approximate surface area is 198 Å². The molecule has 4 rings (SSSR count). The molecule has 1 atom stereocenters. The summed E-state index contributed by atoms with van der Waals surface area (Å²) in [5, 5.41) is 3.72. The van der Waals surface area contributed by atoms with Crippen LogP contribution in [0.2, 0.25) is 0 Å². The molecule has 174 valence electrons. The number of thiocarbonyl (C=S) groups is 1. The molecule has 0 unspecified atom stereocenters. The van der Waals surface area contributed by atoms with Gasteiger partial charge >= 0.3 is 5.97 Å². The fourth-order valence-electron chi connectivity index (χ4n) is 4.07. The first-order valence-electron chi connectivity index (χ1n) is 10.6. The summed E-state index contributed by atoms with van der Waals surface area (Å²) in [5.41, 5.74) is 2.52. The van der Waals surface area contributed by atoms with E-state index in [2.05, 4.69) is 5.32 Å². The molecule has 0 radical (unpaired) electrons. The molecule has 2 heterocycles. The van der Waals surface area contributed by atoms with Crippen LogP contribution in [0.15, 0.2) is 47.7 Å². The number of carbonyl (C=O) groups is 1. The van der Waals surface area contributed by atoms with Gasteiger partial charge in [0.1, 0.15) is 13.2 Å². The fraction of sp³-hybridized carbons (Fsp3) is 0.333. The Bertz CT molecular complexity index is 1120. The minimum absolute atomic E-state index is 0.242. The van der Waals surface area contributed by atoms with Gasteiger partial charge in [-0.2, -0.15) is 0 Å². The molecule has 2 aliphatic rings. The van der Waals surface area contributed by atoms with E-state index in [9.17, 15) is 4.79 Å². The first kappa shape index (κ1) is 22.7. The zero-order chi connectivity index (χ0) is 23.5. The smallest absolute Gasteiger partial charge is 0.338 e. The van der Waals surface area contributed by atoms with Crippen LogP contribution in [-0.2, 0) is 9.53 Å². The molecule has 0 saturated heterocycles. The molecule has 0 fully saturated rings. The molecule has 0 aromatic heterocycles. The second-order valence-corrected chi connectivity index (χ2v) is 7.73. The Morgan fingerprint density at radius 1 is 1.15 bits per heavy atom. The van der Waals surface area contributed by atoms with E-state index in [1.165, 1.54) is 0 Å². The number of allylic oxidation sites excluding steroid dienone is 1. The number of esters is 1. The molecule has 0 bridgehead atoms. The number of hydrogen-bond acceptors (Lipinski definition) is 7. The molecule has 1 N–H and O–H groups in total. The highest BCUT2D eigenvalue weighted by Gasteiger charge is 2.37. The Balaban J connectivity index is 1.84. The van der Waals surface area contributed by atoms with Crippen LogP contribution in [0, 0.1) is 0 Å². The van der Waals surface area contributed by atoms with Crippen molar-refractivity contribution in [3.8, 4) is 23.0 Å². The average molecular weight is 471 g/mol. The zero-order valence-corrected chi connectivity index (χ0v) is 19.8. The largest absolute Gasteiger partial charge is 0.493 e. The highest BCUT2D eigenvalue weighted by atomic mass is 32.1. The number of benzene rings is 2. The Morgan fingerprint density at radius 3 is 2.61 bits per heavy atom. The lowest BCUT2D eigenvalue weighted by Gasteiger charge is -2.38. The van der Waals surface area contributed by atoms with E-state index in [-0.39, 0.29) is 6.61 Å². The van der Waals surface area contributed by atoms with Crippen molar-refractivity contribution in [3.05, 3.63) is 53.2 Å². The highest BCUT2D eigenvalue weighted by molar-refractivity contribution is 7.80. The van der Waals surface area contributed by atoms with Gasteiger partial charge in [0.25, 0.3) is 0 Å². The van der Waals surface area contributed by atoms with Gasteiger partial charge in [-0.1, -0.05) is 12.1 Å². The van der Waals surface area contributed by atoms with Gasteiger partial charge in [0.15, 0.2) is 28.1 Å². The summed E-state index contributed by atoms with van der Waals surface area (Å²) >= 11 is 5.75. The number of hydrogen-bond donors (Lipinski definition) is 1. The number of nitrogens with zero attached hydrogens (tertiary/aromatic N) is 1. The molecule has 0 saturated carbocycles. The van der Waals surface area contributed by atoms with Crippen molar-refractivity contribution in [2.75, 3.05) is 38.9 Å². The fourth-order valence-corrected chi connectivity index (χ4v) is 4.43. The third-order valence-corrected chi connectivity index (χ3v) is 5.81. The third-order valence-electron chi connectivity index (χ3n) is 5.51. The van der Waals surface area contributed by atoms with E-state index in [4.69, 9.17) is 35.9 Å². The van der Waals surface area contributed by atoms with Crippen LogP contribution in [0.3, 0.4) is 0 Å². The molecule has 33 heavy (non-hydrogen) atoms. The molecule has 8 nitrogen and oxygen atoms in total. The highest BCUT2D eigenvalue weighted by Crippen LogP contribution is 2.42. The first-order valence-corrected chi connectivity index (χ1v) is 11.0. The predicted octanol–water partition coefficient (Wildman–Crippen LogP) is 3.75. The summed E-state index contributed by atoms with van der Waals surface area (Å²) in [6, 6.07) is 10.5. The second-order valence-electron chi connectivity index (χ2n) is 7.35. The molecular formula is C24H26N2O6S.